The number of Topliss-reactive ketones (excluding diaryl/α,β-unsaturated/α-hetero) is 1. The van der Waals surface area contributed by atoms with Crippen LogP contribution in [0.2, 0.25) is 0 Å². The molecule has 2 aromatic carbocycles. The number of halogens is 2. The lowest BCUT2D eigenvalue weighted by Gasteiger charge is -2.15. The van der Waals surface area contributed by atoms with Gasteiger partial charge in [0.25, 0.3) is 5.56 Å². The van der Waals surface area contributed by atoms with Crippen molar-refractivity contribution in [2.75, 3.05) is 7.11 Å². The predicted molar refractivity (Wildman–Crippen MR) is 129 cm³/mol. The molecule has 0 aliphatic heterocycles. The van der Waals surface area contributed by atoms with E-state index in [0.29, 0.717) is 15.7 Å². The number of thiazole rings is 1. The first kappa shape index (κ1) is 24.4. The van der Waals surface area contributed by atoms with Gasteiger partial charge in [0.15, 0.2) is 17.3 Å². The van der Waals surface area contributed by atoms with Crippen molar-refractivity contribution in [1.82, 2.24) is 4.57 Å². The van der Waals surface area contributed by atoms with Crippen LogP contribution >= 0.6 is 27.3 Å². The molecule has 0 radical (unpaired) electrons. The lowest BCUT2D eigenvalue weighted by atomic mass is 9.87. The first-order valence-corrected chi connectivity index (χ1v) is 11.3. The maximum Gasteiger partial charge on any atom is 0.273 e. The second-order valence-corrected chi connectivity index (χ2v) is 10.0. The molecule has 1 aromatic heterocycles. The Morgan fingerprint density at radius 2 is 1.91 bits per heavy atom. The van der Waals surface area contributed by atoms with E-state index in [-0.39, 0.29) is 26.3 Å². The zero-order chi connectivity index (χ0) is 24.5. The second kappa shape index (κ2) is 9.33. The molecule has 0 atom stereocenters. The molecule has 0 unspecified atom stereocenters. The lowest BCUT2D eigenvalue weighted by Crippen LogP contribution is -2.33. The predicted octanol–water partition coefficient (Wildman–Crippen LogP) is 3.63. The summed E-state index contributed by atoms with van der Waals surface area (Å²) in [4.78, 5) is 26.4. The molecule has 0 bridgehead atoms. The molecule has 0 amide bonds. The summed E-state index contributed by atoms with van der Waals surface area (Å²) >= 11 is 4.23. The highest BCUT2D eigenvalue weighted by Gasteiger charge is 2.27. The number of ketones is 1. The number of nitrogens with zero attached hydrogens (tertiary/aromatic N) is 2. The van der Waals surface area contributed by atoms with Gasteiger partial charge in [-0.15, -0.1) is 11.3 Å². The molecule has 0 saturated carbocycles. The minimum atomic E-state index is -0.849. The Morgan fingerprint density at radius 1 is 1.27 bits per heavy atom. The number of carbonyl (C=O) groups excluding carboxylic acids is 1. The number of rotatable bonds is 4. The molecule has 0 fully saturated rings. The zero-order valence-electron chi connectivity index (χ0n) is 18.3. The standard InChI is InChI=1S/C24H20BrFN2O4S/c1-24(2,3)21(30)16(12-27)23-28(15-7-5-14(26)6-8-15)22(31)19(33-23)11-13-9-17(25)20(29)18(10-13)32-4/h5-11,29H,1-4H3/b19-11+,23-16+. The smallest absolute Gasteiger partial charge is 0.273 e. The molecule has 170 valence electrons. The van der Waals surface area contributed by atoms with E-state index in [1.54, 1.807) is 39.0 Å². The van der Waals surface area contributed by atoms with Crippen LogP contribution in [-0.2, 0) is 4.79 Å². The van der Waals surface area contributed by atoms with Gasteiger partial charge in [-0.3, -0.25) is 14.2 Å². The summed E-state index contributed by atoms with van der Waals surface area (Å²) in [5, 5.41) is 19.9. The van der Waals surface area contributed by atoms with Crippen molar-refractivity contribution >= 4 is 44.7 Å². The van der Waals surface area contributed by atoms with Gasteiger partial charge in [-0.2, -0.15) is 5.26 Å². The molecule has 33 heavy (non-hydrogen) atoms. The molecule has 6 nitrogen and oxygen atoms in total. The van der Waals surface area contributed by atoms with Crippen molar-refractivity contribution < 1.29 is 19.0 Å². The minimum absolute atomic E-state index is 0.0823. The van der Waals surface area contributed by atoms with Crippen molar-refractivity contribution in [3.05, 3.63) is 71.8 Å². The molecule has 1 heterocycles. The summed E-state index contributed by atoms with van der Waals surface area (Å²) in [6, 6.07) is 10.3. The number of hydrogen-bond donors (Lipinski definition) is 1. The highest BCUT2D eigenvalue weighted by molar-refractivity contribution is 9.10. The zero-order valence-corrected chi connectivity index (χ0v) is 20.7. The van der Waals surface area contributed by atoms with E-state index in [1.807, 2.05) is 6.07 Å². The quantitative estimate of drug-likeness (QED) is 0.555. The molecule has 3 aromatic rings. The van der Waals surface area contributed by atoms with Crippen molar-refractivity contribution in [3.8, 4) is 23.3 Å². The molecule has 0 aliphatic rings. The summed E-state index contributed by atoms with van der Waals surface area (Å²) in [5.74, 6) is -0.770. The van der Waals surface area contributed by atoms with Crippen molar-refractivity contribution in [2.24, 2.45) is 5.41 Å². The average molecular weight is 531 g/mol. The number of benzene rings is 2. The van der Waals surface area contributed by atoms with Crippen LogP contribution in [0.5, 0.6) is 11.5 Å². The van der Waals surface area contributed by atoms with Crippen LogP contribution in [0.1, 0.15) is 26.3 Å². The summed E-state index contributed by atoms with van der Waals surface area (Å²) < 4.78 is 20.7. The summed E-state index contributed by atoms with van der Waals surface area (Å²) in [6.07, 6.45) is 1.57. The normalized spacial score (nSPS) is 12.9. The number of aromatic hydroxyl groups is 1. The highest BCUT2D eigenvalue weighted by atomic mass is 79.9. The molecular weight excluding hydrogens is 511 g/mol. The Hall–Kier alpha value is -3.22. The third-order valence-electron chi connectivity index (χ3n) is 4.71. The molecule has 3 rings (SSSR count). The van der Waals surface area contributed by atoms with Crippen LogP contribution in [0, 0.1) is 22.6 Å². The lowest BCUT2D eigenvalue weighted by molar-refractivity contribution is -0.120. The number of aromatic nitrogens is 1. The van der Waals surface area contributed by atoms with Crippen molar-refractivity contribution in [2.45, 2.75) is 20.8 Å². The second-order valence-electron chi connectivity index (χ2n) is 8.15. The summed E-state index contributed by atoms with van der Waals surface area (Å²) in [7, 11) is 1.41. The summed E-state index contributed by atoms with van der Waals surface area (Å²) in [5.41, 5.74) is -0.602. The van der Waals surface area contributed by atoms with E-state index >= 15 is 0 Å². The highest BCUT2D eigenvalue weighted by Crippen LogP contribution is 2.35. The van der Waals surface area contributed by atoms with Crippen LogP contribution in [0.3, 0.4) is 0 Å². The van der Waals surface area contributed by atoms with Gasteiger partial charge in [0.05, 0.1) is 21.8 Å². The topological polar surface area (TPSA) is 92.3 Å². The van der Waals surface area contributed by atoms with E-state index in [4.69, 9.17) is 4.74 Å². The van der Waals surface area contributed by atoms with Crippen molar-refractivity contribution in [3.63, 3.8) is 0 Å². The van der Waals surface area contributed by atoms with E-state index in [0.717, 1.165) is 11.3 Å². The Balaban J connectivity index is 2.43. The Labute approximate surface area is 201 Å². The van der Waals surface area contributed by atoms with Gasteiger partial charge >= 0.3 is 0 Å². The third-order valence-corrected chi connectivity index (χ3v) is 6.41. The van der Waals surface area contributed by atoms with E-state index in [9.17, 15) is 24.3 Å². The Bertz CT molecular complexity index is 1460. The van der Waals surface area contributed by atoms with E-state index < -0.39 is 22.6 Å². The molecule has 0 aliphatic carbocycles. The van der Waals surface area contributed by atoms with Gasteiger partial charge in [-0.05, 0) is 64.0 Å². The number of phenolic OH excluding ortho intramolecular Hbond substituents is 1. The SMILES string of the molecule is COc1cc(/C=c2/s/c(=C(\C#N)C(=O)C(C)(C)C)n(-c3ccc(F)cc3)c2=O)cc(Br)c1O. The number of ether oxygens (including phenoxy) is 1. The Morgan fingerprint density at radius 3 is 2.45 bits per heavy atom. The maximum atomic E-state index is 13.5. The Kier molecular flexibility index (Phi) is 6.91. The maximum absolute atomic E-state index is 13.5. The van der Waals surface area contributed by atoms with Crippen molar-refractivity contribution in [1.29, 1.82) is 5.26 Å². The third kappa shape index (κ3) is 4.92. The van der Waals surface area contributed by atoms with Crippen LogP contribution in [0.4, 0.5) is 4.39 Å². The van der Waals surface area contributed by atoms with E-state index in [1.165, 1.54) is 35.9 Å². The van der Waals surface area contributed by atoms with Gasteiger partial charge in [0.1, 0.15) is 22.1 Å². The van der Waals surface area contributed by atoms with E-state index in [2.05, 4.69) is 15.9 Å². The first-order chi connectivity index (χ1) is 15.5. The fraction of sp³-hybridized carbons (Fsp3) is 0.208. The van der Waals surface area contributed by atoms with Crippen LogP contribution in [-0.4, -0.2) is 22.6 Å². The fourth-order valence-electron chi connectivity index (χ4n) is 3.03. The summed E-state index contributed by atoms with van der Waals surface area (Å²) in [6.45, 7) is 5.07. The number of hydrogen-bond acceptors (Lipinski definition) is 6. The van der Waals surface area contributed by atoms with Crippen LogP contribution < -0.4 is 19.5 Å². The number of methoxy groups -OCH3 is 1. The average Bonchev–Trinajstić information content (AvgIpc) is 3.06. The number of carbonyl (C=O) groups is 1. The van der Waals surface area contributed by atoms with Gasteiger partial charge < -0.3 is 9.84 Å². The van der Waals surface area contributed by atoms with Gasteiger partial charge in [0.2, 0.25) is 0 Å². The molecule has 0 saturated heterocycles. The van der Waals surface area contributed by atoms with Gasteiger partial charge in [-0.25, -0.2) is 4.39 Å². The largest absolute Gasteiger partial charge is 0.503 e. The molecule has 9 heteroatoms. The number of nitriles is 1. The molecule has 1 N–H and O–H groups in total. The molecular formula is C24H20BrFN2O4S. The fourth-order valence-corrected chi connectivity index (χ4v) is 4.59. The minimum Gasteiger partial charge on any atom is -0.503 e. The molecule has 0 spiro atoms. The van der Waals surface area contributed by atoms with Crippen LogP contribution in [0.15, 0.2) is 45.7 Å². The van der Waals surface area contributed by atoms with Crippen LogP contribution in [0.25, 0.3) is 17.3 Å². The van der Waals surface area contributed by atoms with Gasteiger partial charge in [-0.1, -0.05) is 20.8 Å². The van der Waals surface area contributed by atoms with Gasteiger partial charge in [0, 0.05) is 5.41 Å². The monoisotopic (exact) mass is 530 g/mol. The number of phenols is 1. The first-order valence-electron chi connectivity index (χ1n) is 9.73.